The fourth-order valence-corrected chi connectivity index (χ4v) is 1.08. The number of nitrogen functional groups attached to an aromatic ring is 1. The van der Waals surface area contributed by atoms with E-state index in [-0.39, 0.29) is 0 Å². The Bertz CT molecular complexity index is 409. The van der Waals surface area contributed by atoms with E-state index >= 15 is 0 Å². The van der Waals surface area contributed by atoms with Crippen molar-refractivity contribution in [1.29, 1.82) is 0 Å². The van der Waals surface area contributed by atoms with Crippen molar-refractivity contribution in [3.63, 3.8) is 0 Å². The lowest BCUT2D eigenvalue weighted by atomic mass is 10.5. The number of rotatable bonds is 1. The van der Waals surface area contributed by atoms with Crippen molar-refractivity contribution < 1.29 is 4.74 Å². The van der Waals surface area contributed by atoms with Crippen LogP contribution in [-0.2, 0) is 0 Å². The van der Waals surface area contributed by atoms with Gasteiger partial charge in [0.05, 0.1) is 7.11 Å². The summed E-state index contributed by atoms with van der Waals surface area (Å²) in [5.41, 5.74) is 6.36. The summed E-state index contributed by atoms with van der Waals surface area (Å²) in [5.74, 6) is 1.10. The van der Waals surface area contributed by atoms with E-state index < -0.39 is 0 Å². The van der Waals surface area contributed by atoms with Gasteiger partial charge in [0.1, 0.15) is 11.8 Å². The monoisotopic (exact) mass is 164 g/mol. The molecular weight excluding hydrogens is 156 g/mol. The minimum absolute atomic E-state index is 0.452. The summed E-state index contributed by atoms with van der Waals surface area (Å²) in [5, 5.41) is 3.97. The van der Waals surface area contributed by atoms with E-state index in [9.17, 15) is 0 Å². The van der Waals surface area contributed by atoms with Crippen LogP contribution in [0.25, 0.3) is 5.52 Å². The Kier molecular flexibility index (Phi) is 1.36. The van der Waals surface area contributed by atoms with E-state index in [4.69, 9.17) is 10.5 Å². The average molecular weight is 164 g/mol. The molecular formula is C7H8N4O. The standard InChI is InChI=1S/C7H8N4O/c1-12-6-3-2-5-7(8)9-4-10-11(5)6/h2-4H,1H3,(H2,8,9,10). The number of methoxy groups -OCH3 is 1. The normalized spacial score (nSPS) is 10.4. The van der Waals surface area contributed by atoms with Crippen LogP contribution in [0, 0.1) is 0 Å². The topological polar surface area (TPSA) is 65.4 Å². The molecule has 0 atom stereocenters. The summed E-state index contributed by atoms with van der Waals surface area (Å²) >= 11 is 0. The van der Waals surface area contributed by atoms with E-state index in [2.05, 4.69) is 10.1 Å². The van der Waals surface area contributed by atoms with Crippen molar-refractivity contribution in [2.24, 2.45) is 0 Å². The van der Waals surface area contributed by atoms with Crippen LogP contribution in [0.3, 0.4) is 0 Å². The molecule has 0 bridgehead atoms. The molecule has 0 fully saturated rings. The van der Waals surface area contributed by atoms with Gasteiger partial charge in [-0.2, -0.15) is 9.61 Å². The highest BCUT2D eigenvalue weighted by Crippen LogP contribution is 2.17. The average Bonchev–Trinajstić information content (AvgIpc) is 2.49. The van der Waals surface area contributed by atoms with E-state index in [1.165, 1.54) is 6.33 Å². The molecule has 2 rings (SSSR count). The lowest BCUT2D eigenvalue weighted by molar-refractivity contribution is 0.387. The Balaban J connectivity index is 2.80. The third-order valence-electron chi connectivity index (χ3n) is 1.66. The van der Waals surface area contributed by atoms with Crippen molar-refractivity contribution in [1.82, 2.24) is 14.6 Å². The van der Waals surface area contributed by atoms with Gasteiger partial charge in [-0.05, 0) is 6.07 Å². The Labute approximate surface area is 68.8 Å². The first-order chi connectivity index (χ1) is 5.83. The van der Waals surface area contributed by atoms with Gasteiger partial charge in [-0.1, -0.05) is 0 Å². The van der Waals surface area contributed by atoms with Crippen LogP contribution in [0.2, 0.25) is 0 Å². The lowest BCUT2D eigenvalue weighted by Gasteiger charge is -1.99. The van der Waals surface area contributed by atoms with Crippen LogP contribution in [0.4, 0.5) is 5.82 Å². The lowest BCUT2D eigenvalue weighted by Crippen LogP contribution is -1.99. The quantitative estimate of drug-likeness (QED) is 0.659. The third kappa shape index (κ3) is 0.795. The maximum atomic E-state index is 5.60. The number of hydrogen-bond donors (Lipinski definition) is 1. The fourth-order valence-electron chi connectivity index (χ4n) is 1.08. The predicted octanol–water partition coefficient (Wildman–Crippen LogP) is 0.320. The molecule has 0 radical (unpaired) electrons. The minimum Gasteiger partial charge on any atom is -0.481 e. The minimum atomic E-state index is 0.452. The number of nitrogens with two attached hydrogens (primary N) is 1. The van der Waals surface area contributed by atoms with Crippen molar-refractivity contribution in [3.8, 4) is 5.88 Å². The second-order valence-corrected chi connectivity index (χ2v) is 2.32. The molecule has 0 aliphatic heterocycles. The molecule has 0 aliphatic rings. The molecule has 62 valence electrons. The van der Waals surface area contributed by atoms with E-state index in [1.807, 2.05) is 6.07 Å². The number of fused-ring (bicyclic) bond motifs is 1. The second-order valence-electron chi connectivity index (χ2n) is 2.32. The second kappa shape index (κ2) is 2.37. The number of nitrogens with zero attached hydrogens (tertiary/aromatic N) is 3. The van der Waals surface area contributed by atoms with Gasteiger partial charge in [0, 0.05) is 6.07 Å². The predicted molar refractivity (Wildman–Crippen MR) is 44.0 cm³/mol. The molecule has 2 heterocycles. The Morgan fingerprint density at radius 1 is 1.50 bits per heavy atom. The largest absolute Gasteiger partial charge is 0.481 e. The van der Waals surface area contributed by atoms with Crippen molar-refractivity contribution in [2.75, 3.05) is 12.8 Å². The molecule has 5 nitrogen and oxygen atoms in total. The molecule has 0 unspecified atom stereocenters. The van der Waals surface area contributed by atoms with Crippen LogP contribution < -0.4 is 10.5 Å². The molecule has 0 spiro atoms. The van der Waals surface area contributed by atoms with Gasteiger partial charge in [0.2, 0.25) is 5.88 Å². The number of hydrogen-bond acceptors (Lipinski definition) is 4. The highest BCUT2D eigenvalue weighted by Gasteiger charge is 2.04. The first-order valence-electron chi connectivity index (χ1n) is 3.45. The smallest absolute Gasteiger partial charge is 0.214 e. The summed E-state index contributed by atoms with van der Waals surface area (Å²) < 4.78 is 6.64. The maximum absolute atomic E-state index is 5.60. The number of ether oxygens (including phenoxy) is 1. The highest BCUT2D eigenvalue weighted by molar-refractivity contribution is 5.66. The van der Waals surface area contributed by atoms with Crippen LogP contribution in [0.5, 0.6) is 5.88 Å². The molecule has 0 aromatic carbocycles. The fraction of sp³-hybridized carbons (Fsp3) is 0.143. The van der Waals surface area contributed by atoms with Gasteiger partial charge in [-0.15, -0.1) is 0 Å². The molecule has 2 N–H and O–H groups in total. The zero-order valence-electron chi connectivity index (χ0n) is 6.56. The van der Waals surface area contributed by atoms with Crippen molar-refractivity contribution in [2.45, 2.75) is 0 Å². The van der Waals surface area contributed by atoms with Crippen molar-refractivity contribution in [3.05, 3.63) is 18.5 Å². The Morgan fingerprint density at radius 2 is 2.33 bits per heavy atom. The molecule has 0 saturated carbocycles. The zero-order chi connectivity index (χ0) is 8.55. The third-order valence-corrected chi connectivity index (χ3v) is 1.66. The van der Waals surface area contributed by atoms with Crippen LogP contribution in [0.1, 0.15) is 0 Å². The summed E-state index contributed by atoms with van der Waals surface area (Å²) in [7, 11) is 1.58. The first-order valence-corrected chi connectivity index (χ1v) is 3.45. The Morgan fingerprint density at radius 3 is 3.08 bits per heavy atom. The molecule has 2 aromatic heterocycles. The van der Waals surface area contributed by atoms with Crippen LogP contribution in [0.15, 0.2) is 18.5 Å². The van der Waals surface area contributed by atoms with Crippen molar-refractivity contribution >= 4 is 11.3 Å². The molecule has 2 aromatic rings. The SMILES string of the molecule is COc1ccc2c(N)ncnn12. The van der Waals surface area contributed by atoms with Gasteiger partial charge in [-0.3, -0.25) is 0 Å². The summed E-state index contributed by atoms with van der Waals surface area (Å²) in [6.45, 7) is 0. The van der Waals surface area contributed by atoms with E-state index in [1.54, 1.807) is 17.7 Å². The molecule has 12 heavy (non-hydrogen) atoms. The van der Waals surface area contributed by atoms with Crippen LogP contribution in [-0.4, -0.2) is 21.7 Å². The van der Waals surface area contributed by atoms with Crippen LogP contribution >= 0.6 is 0 Å². The van der Waals surface area contributed by atoms with Gasteiger partial charge >= 0.3 is 0 Å². The number of anilines is 1. The first kappa shape index (κ1) is 6.90. The maximum Gasteiger partial charge on any atom is 0.214 e. The van der Waals surface area contributed by atoms with Gasteiger partial charge in [0.15, 0.2) is 5.82 Å². The van der Waals surface area contributed by atoms with E-state index in [0.717, 1.165) is 5.52 Å². The van der Waals surface area contributed by atoms with E-state index in [0.29, 0.717) is 11.7 Å². The summed E-state index contributed by atoms with van der Waals surface area (Å²) in [6.07, 6.45) is 1.39. The Hall–Kier alpha value is -1.78. The molecule has 0 saturated heterocycles. The molecule has 0 amide bonds. The highest BCUT2D eigenvalue weighted by atomic mass is 16.5. The zero-order valence-corrected chi connectivity index (χ0v) is 6.56. The molecule has 5 heteroatoms. The van der Waals surface area contributed by atoms with Gasteiger partial charge in [-0.25, -0.2) is 4.98 Å². The summed E-state index contributed by atoms with van der Waals surface area (Å²) in [6, 6.07) is 3.61. The van der Waals surface area contributed by atoms with Gasteiger partial charge < -0.3 is 10.5 Å². The van der Waals surface area contributed by atoms with Gasteiger partial charge in [0.25, 0.3) is 0 Å². The molecule has 0 aliphatic carbocycles. The summed E-state index contributed by atoms with van der Waals surface area (Å²) in [4.78, 5) is 3.85. The number of aromatic nitrogens is 3.